The largest absolute Gasteiger partial charge is 0.439 e. The van der Waals surface area contributed by atoms with Gasteiger partial charge in [-0.1, -0.05) is 66.7 Å². The SMILES string of the molecule is c1ccc(Oc2cccc(-c3ccc4c5ccccc5n(-c5ccc6ccccc6n5)c4c3)c2)nc1. The zero-order valence-electron chi connectivity index (χ0n) is 19.4. The molecule has 0 fully saturated rings. The molecule has 7 aromatic rings. The molecule has 0 unspecified atom stereocenters. The van der Waals surface area contributed by atoms with Crippen molar-refractivity contribution in [2.24, 2.45) is 0 Å². The highest BCUT2D eigenvalue weighted by molar-refractivity contribution is 6.10. The Morgan fingerprint density at radius 2 is 1.42 bits per heavy atom. The smallest absolute Gasteiger partial charge is 0.219 e. The number of pyridine rings is 2. The number of hydrogen-bond donors (Lipinski definition) is 0. The summed E-state index contributed by atoms with van der Waals surface area (Å²) in [5, 5.41) is 3.54. The molecule has 0 saturated carbocycles. The van der Waals surface area contributed by atoms with E-state index in [0.717, 1.165) is 44.6 Å². The second-order valence-corrected chi connectivity index (χ2v) is 8.74. The van der Waals surface area contributed by atoms with Crippen LogP contribution in [-0.4, -0.2) is 14.5 Å². The van der Waals surface area contributed by atoms with Crippen LogP contribution < -0.4 is 4.74 Å². The fourth-order valence-electron chi connectivity index (χ4n) is 4.84. The van der Waals surface area contributed by atoms with Gasteiger partial charge in [0.1, 0.15) is 11.6 Å². The van der Waals surface area contributed by atoms with Gasteiger partial charge in [-0.15, -0.1) is 0 Å². The third-order valence-electron chi connectivity index (χ3n) is 6.51. The number of aromatic nitrogens is 3. The van der Waals surface area contributed by atoms with Crippen LogP contribution in [-0.2, 0) is 0 Å². The normalized spacial score (nSPS) is 11.3. The maximum atomic E-state index is 5.98. The molecule has 4 nitrogen and oxygen atoms in total. The summed E-state index contributed by atoms with van der Waals surface area (Å²) in [5.74, 6) is 2.24. The van der Waals surface area contributed by atoms with Crippen LogP contribution in [0, 0.1) is 0 Å². The van der Waals surface area contributed by atoms with Gasteiger partial charge < -0.3 is 4.74 Å². The van der Waals surface area contributed by atoms with E-state index in [1.807, 2.05) is 42.5 Å². The summed E-state index contributed by atoms with van der Waals surface area (Å²) < 4.78 is 8.24. The highest BCUT2D eigenvalue weighted by Gasteiger charge is 2.14. The summed E-state index contributed by atoms with van der Waals surface area (Å²) in [5.41, 5.74) is 5.43. The summed E-state index contributed by atoms with van der Waals surface area (Å²) in [6.07, 6.45) is 1.73. The Morgan fingerprint density at radius 1 is 0.583 bits per heavy atom. The minimum absolute atomic E-state index is 0.576. The lowest BCUT2D eigenvalue weighted by atomic mass is 10.0. The van der Waals surface area contributed by atoms with Crippen molar-refractivity contribution in [2.75, 3.05) is 0 Å². The van der Waals surface area contributed by atoms with Crippen LogP contribution in [0.25, 0.3) is 49.7 Å². The first-order chi connectivity index (χ1) is 17.8. The molecule has 0 amide bonds. The van der Waals surface area contributed by atoms with E-state index in [9.17, 15) is 0 Å². The lowest BCUT2D eigenvalue weighted by molar-refractivity contribution is 0.463. The number of ether oxygens (including phenoxy) is 1. The van der Waals surface area contributed by atoms with E-state index < -0.39 is 0 Å². The number of benzene rings is 4. The van der Waals surface area contributed by atoms with Gasteiger partial charge in [0.05, 0.1) is 16.6 Å². The maximum Gasteiger partial charge on any atom is 0.219 e. The Balaban J connectivity index is 1.40. The molecular weight excluding hydrogens is 442 g/mol. The summed E-state index contributed by atoms with van der Waals surface area (Å²) in [6.45, 7) is 0. The van der Waals surface area contributed by atoms with Crippen LogP contribution in [0.3, 0.4) is 0 Å². The van der Waals surface area contributed by atoms with Gasteiger partial charge in [0.2, 0.25) is 5.88 Å². The summed E-state index contributed by atoms with van der Waals surface area (Å²) in [4.78, 5) is 9.29. The number of fused-ring (bicyclic) bond motifs is 4. The highest BCUT2D eigenvalue weighted by Crippen LogP contribution is 2.35. The summed E-state index contributed by atoms with van der Waals surface area (Å²) >= 11 is 0. The monoisotopic (exact) mass is 463 g/mol. The number of nitrogens with zero attached hydrogens (tertiary/aromatic N) is 3. The average Bonchev–Trinajstić information content (AvgIpc) is 3.27. The van der Waals surface area contributed by atoms with Crippen LogP contribution in [0.5, 0.6) is 11.6 Å². The zero-order valence-corrected chi connectivity index (χ0v) is 19.4. The molecule has 7 rings (SSSR count). The number of rotatable bonds is 4. The summed E-state index contributed by atoms with van der Waals surface area (Å²) in [6, 6.07) is 41.4. The van der Waals surface area contributed by atoms with Crippen LogP contribution in [0.15, 0.2) is 128 Å². The Labute approximate surface area is 208 Å². The van der Waals surface area contributed by atoms with E-state index in [1.165, 1.54) is 10.8 Å². The third-order valence-corrected chi connectivity index (χ3v) is 6.51. The Bertz CT molecular complexity index is 1870. The minimum Gasteiger partial charge on any atom is -0.439 e. The predicted molar refractivity (Wildman–Crippen MR) is 146 cm³/mol. The van der Waals surface area contributed by atoms with Gasteiger partial charge in [0, 0.05) is 28.4 Å². The van der Waals surface area contributed by atoms with Crippen LogP contribution in [0.2, 0.25) is 0 Å². The van der Waals surface area contributed by atoms with Crippen LogP contribution >= 0.6 is 0 Å². The quantitative estimate of drug-likeness (QED) is 0.264. The van der Waals surface area contributed by atoms with Crippen molar-refractivity contribution in [3.05, 3.63) is 128 Å². The molecule has 3 aromatic heterocycles. The van der Waals surface area contributed by atoms with Gasteiger partial charge in [-0.05, 0) is 59.7 Å². The van der Waals surface area contributed by atoms with Gasteiger partial charge in [0.15, 0.2) is 0 Å². The average molecular weight is 464 g/mol. The number of hydrogen-bond acceptors (Lipinski definition) is 3. The van der Waals surface area contributed by atoms with Crippen molar-refractivity contribution in [2.45, 2.75) is 0 Å². The van der Waals surface area contributed by atoms with Crippen molar-refractivity contribution in [3.8, 4) is 28.6 Å². The second-order valence-electron chi connectivity index (χ2n) is 8.74. The molecule has 0 aliphatic rings. The molecule has 0 radical (unpaired) electrons. The Hall–Kier alpha value is -4.96. The molecular formula is C32H21N3O. The first-order valence-electron chi connectivity index (χ1n) is 11.9. The van der Waals surface area contributed by atoms with Crippen LogP contribution in [0.4, 0.5) is 0 Å². The van der Waals surface area contributed by atoms with Crippen molar-refractivity contribution in [1.82, 2.24) is 14.5 Å². The fourth-order valence-corrected chi connectivity index (χ4v) is 4.84. The maximum absolute atomic E-state index is 5.98. The highest BCUT2D eigenvalue weighted by atomic mass is 16.5. The van der Waals surface area contributed by atoms with E-state index in [-0.39, 0.29) is 0 Å². The predicted octanol–water partition coefficient (Wildman–Crippen LogP) is 8.19. The molecule has 0 saturated heterocycles. The standard InChI is InChI=1S/C32H21N3O/c1-3-12-28-22(8-1)16-18-31(34-28)35-29-13-4-2-11-26(29)27-17-15-24(21-30(27)35)23-9-7-10-25(20-23)36-32-14-5-6-19-33-32/h1-21H. The first kappa shape index (κ1) is 20.4. The number of para-hydroxylation sites is 2. The fraction of sp³-hybridized carbons (Fsp3) is 0. The van der Waals surface area contributed by atoms with Gasteiger partial charge >= 0.3 is 0 Å². The molecule has 4 heteroatoms. The molecule has 36 heavy (non-hydrogen) atoms. The zero-order chi connectivity index (χ0) is 23.9. The molecule has 4 aromatic carbocycles. The molecule has 0 aliphatic carbocycles. The Kier molecular flexibility index (Phi) is 4.74. The first-order valence-corrected chi connectivity index (χ1v) is 11.9. The van der Waals surface area contributed by atoms with Gasteiger partial charge in [0.25, 0.3) is 0 Å². The molecule has 0 N–H and O–H groups in total. The lowest BCUT2D eigenvalue weighted by Gasteiger charge is -2.10. The van der Waals surface area contributed by atoms with Gasteiger partial charge in [-0.25, -0.2) is 9.97 Å². The molecule has 3 heterocycles. The van der Waals surface area contributed by atoms with Crippen molar-refractivity contribution in [1.29, 1.82) is 0 Å². The molecule has 0 aliphatic heterocycles. The Morgan fingerprint density at radius 3 is 2.36 bits per heavy atom. The van der Waals surface area contributed by atoms with Crippen LogP contribution in [0.1, 0.15) is 0 Å². The van der Waals surface area contributed by atoms with E-state index in [2.05, 4.69) is 88.4 Å². The van der Waals surface area contributed by atoms with E-state index >= 15 is 0 Å². The van der Waals surface area contributed by atoms with Crippen molar-refractivity contribution in [3.63, 3.8) is 0 Å². The third kappa shape index (κ3) is 3.48. The molecule has 0 bridgehead atoms. The molecule has 0 atom stereocenters. The van der Waals surface area contributed by atoms with E-state index in [0.29, 0.717) is 5.88 Å². The molecule has 170 valence electrons. The topological polar surface area (TPSA) is 39.9 Å². The van der Waals surface area contributed by atoms with Gasteiger partial charge in [-0.2, -0.15) is 0 Å². The van der Waals surface area contributed by atoms with Crippen molar-refractivity contribution < 1.29 is 4.74 Å². The lowest BCUT2D eigenvalue weighted by Crippen LogP contribution is -1.97. The molecule has 0 spiro atoms. The second kappa shape index (κ2) is 8.36. The van der Waals surface area contributed by atoms with E-state index in [1.54, 1.807) is 6.20 Å². The van der Waals surface area contributed by atoms with E-state index in [4.69, 9.17) is 9.72 Å². The van der Waals surface area contributed by atoms with Crippen molar-refractivity contribution >= 4 is 32.7 Å². The van der Waals surface area contributed by atoms with Gasteiger partial charge in [-0.3, -0.25) is 4.57 Å². The minimum atomic E-state index is 0.576. The summed E-state index contributed by atoms with van der Waals surface area (Å²) in [7, 11) is 0.